The molecule has 3 aromatic carbocycles. The van der Waals surface area contributed by atoms with E-state index in [1.165, 1.54) is 7.11 Å². The van der Waals surface area contributed by atoms with Crippen LogP contribution in [0.1, 0.15) is 26.3 Å². The number of nitrogens with one attached hydrogen (secondary N) is 1. The van der Waals surface area contributed by atoms with E-state index in [2.05, 4.69) is 10.4 Å². The van der Waals surface area contributed by atoms with Gasteiger partial charge in [0.05, 0.1) is 24.8 Å². The molecule has 1 heterocycles. The van der Waals surface area contributed by atoms with E-state index >= 15 is 0 Å². The van der Waals surface area contributed by atoms with Crippen LogP contribution in [0.2, 0.25) is 0 Å². The molecule has 0 spiro atoms. The van der Waals surface area contributed by atoms with Crippen LogP contribution in [-0.2, 0) is 11.3 Å². The first-order valence-electron chi connectivity index (χ1n) is 9.80. The number of amides is 1. The Bertz CT molecular complexity index is 1200. The third kappa shape index (κ3) is 4.70. The summed E-state index contributed by atoms with van der Waals surface area (Å²) in [4.78, 5) is 24.9. The molecule has 0 aliphatic carbocycles. The number of hydrogen-bond acceptors (Lipinski definition) is 4. The lowest BCUT2D eigenvalue weighted by atomic mass is 10.1. The van der Waals surface area contributed by atoms with Gasteiger partial charge in [-0.25, -0.2) is 4.79 Å². The fraction of sp³-hybridized carbons (Fsp3) is 0.0800. The predicted molar refractivity (Wildman–Crippen MR) is 119 cm³/mol. The molecule has 1 N–H and O–H groups in total. The Morgan fingerprint density at radius 2 is 1.65 bits per heavy atom. The molecule has 0 atom stereocenters. The number of ether oxygens (including phenoxy) is 1. The molecule has 154 valence electrons. The van der Waals surface area contributed by atoms with Crippen LogP contribution in [-0.4, -0.2) is 28.8 Å². The van der Waals surface area contributed by atoms with Gasteiger partial charge in [-0.15, -0.1) is 0 Å². The predicted octanol–water partition coefficient (Wildman–Crippen LogP) is 4.64. The highest BCUT2D eigenvalue weighted by Gasteiger charge is 2.19. The largest absolute Gasteiger partial charge is 0.465 e. The van der Waals surface area contributed by atoms with Gasteiger partial charge in [0.1, 0.15) is 5.69 Å². The molecule has 1 amide bonds. The second-order valence-electron chi connectivity index (χ2n) is 6.97. The van der Waals surface area contributed by atoms with E-state index in [1.807, 2.05) is 60.7 Å². The average Bonchev–Trinajstić information content (AvgIpc) is 3.24. The third-order valence-corrected chi connectivity index (χ3v) is 4.78. The summed E-state index contributed by atoms with van der Waals surface area (Å²) in [7, 11) is 1.32. The summed E-state index contributed by atoms with van der Waals surface area (Å²) in [6, 6.07) is 26.1. The van der Waals surface area contributed by atoms with Gasteiger partial charge in [-0.3, -0.25) is 9.48 Å². The van der Waals surface area contributed by atoms with E-state index in [4.69, 9.17) is 4.74 Å². The molecule has 0 fully saturated rings. The summed E-state index contributed by atoms with van der Waals surface area (Å²) in [6.45, 7) is 0.547. The molecular weight excluding hydrogens is 390 g/mol. The lowest BCUT2D eigenvalue weighted by Gasteiger charge is -2.07. The number of hydrogen-bond donors (Lipinski definition) is 1. The molecule has 0 bridgehead atoms. The molecule has 1 aromatic heterocycles. The maximum atomic E-state index is 13.1. The van der Waals surface area contributed by atoms with Gasteiger partial charge in [0.2, 0.25) is 0 Å². The standard InChI is InChI=1S/C25H21N3O3/c1-31-25(30)20-13-8-14-21(15-20)26-24(29)22-17-28(16-18-9-4-2-5-10-18)27-23(22)19-11-6-3-7-12-19/h2-15,17H,16H2,1H3,(H,26,29). The number of carbonyl (C=O) groups excluding carboxylic acids is 2. The summed E-state index contributed by atoms with van der Waals surface area (Å²) in [5.74, 6) is -0.767. The topological polar surface area (TPSA) is 73.2 Å². The van der Waals surface area contributed by atoms with Gasteiger partial charge in [0, 0.05) is 17.4 Å². The molecule has 0 saturated carbocycles. The molecule has 0 unspecified atom stereocenters. The van der Waals surface area contributed by atoms with Crippen LogP contribution in [0.25, 0.3) is 11.3 Å². The minimum Gasteiger partial charge on any atom is -0.465 e. The van der Waals surface area contributed by atoms with Gasteiger partial charge in [0.15, 0.2) is 0 Å². The van der Waals surface area contributed by atoms with Crippen molar-refractivity contribution >= 4 is 17.6 Å². The van der Waals surface area contributed by atoms with Crippen LogP contribution < -0.4 is 5.32 Å². The quantitative estimate of drug-likeness (QED) is 0.469. The maximum Gasteiger partial charge on any atom is 0.337 e. The SMILES string of the molecule is COC(=O)c1cccc(NC(=O)c2cn(Cc3ccccc3)nc2-c2ccccc2)c1. The smallest absolute Gasteiger partial charge is 0.337 e. The number of methoxy groups -OCH3 is 1. The summed E-state index contributed by atoms with van der Waals surface area (Å²) in [5.41, 5.74) is 3.85. The number of anilines is 1. The molecule has 0 radical (unpaired) electrons. The van der Waals surface area contributed by atoms with E-state index in [1.54, 1.807) is 35.1 Å². The minimum atomic E-state index is -0.461. The van der Waals surface area contributed by atoms with Crippen LogP contribution in [0.4, 0.5) is 5.69 Å². The first-order valence-corrected chi connectivity index (χ1v) is 9.80. The minimum absolute atomic E-state index is 0.305. The summed E-state index contributed by atoms with van der Waals surface area (Å²) in [5, 5.41) is 7.54. The fourth-order valence-electron chi connectivity index (χ4n) is 3.29. The monoisotopic (exact) mass is 411 g/mol. The van der Waals surface area contributed by atoms with Crippen LogP contribution in [0.5, 0.6) is 0 Å². The second-order valence-corrected chi connectivity index (χ2v) is 6.97. The Kier molecular flexibility index (Phi) is 5.89. The van der Waals surface area contributed by atoms with E-state index in [0.717, 1.165) is 11.1 Å². The van der Waals surface area contributed by atoms with Gasteiger partial charge >= 0.3 is 5.97 Å². The van der Waals surface area contributed by atoms with Crippen molar-refractivity contribution in [3.8, 4) is 11.3 Å². The molecule has 31 heavy (non-hydrogen) atoms. The molecule has 0 aliphatic heterocycles. The van der Waals surface area contributed by atoms with Gasteiger partial charge in [-0.05, 0) is 23.8 Å². The van der Waals surface area contributed by atoms with Crippen LogP contribution >= 0.6 is 0 Å². The first-order chi connectivity index (χ1) is 15.1. The average molecular weight is 411 g/mol. The number of benzene rings is 3. The highest BCUT2D eigenvalue weighted by atomic mass is 16.5. The molecule has 6 heteroatoms. The Balaban J connectivity index is 1.66. The maximum absolute atomic E-state index is 13.1. The van der Waals surface area contributed by atoms with Crippen molar-refractivity contribution in [3.63, 3.8) is 0 Å². The number of nitrogens with zero attached hydrogens (tertiary/aromatic N) is 2. The molecule has 0 aliphatic rings. The van der Waals surface area contributed by atoms with Crippen molar-refractivity contribution in [3.05, 3.63) is 108 Å². The van der Waals surface area contributed by atoms with E-state index in [0.29, 0.717) is 29.1 Å². The number of rotatable bonds is 6. The van der Waals surface area contributed by atoms with Gasteiger partial charge in [0.25, 0.3) is 5.91 Å². The number of carbonyl (C=O) groups is 2. The Hall–Kier alpha value is -4.19. The zero-order chi connectivity index (χ0) is 21.6. The van der Waals surface area contributed by atoms with Gasteiger partial charge in [-0.2, -0.15) is 5.10 Å². The molecule has 6 nitrogen and oxygen atoms in total. The fourth-order valence-corrected chi connectivity index (χ4v) is 3.29. The Morgan fingerprint density at radius 1 is 0.935 bits per heavy atom. The highest BCUT2D eigenvalue weighted by Crippen LogP contribution is 2.24. The first kappa shape index (κ1) is 20.1. The summed E-state index contributed by atoms with van der Waals surface area (Å²) >= 11 is 0. The van der Waals surface area contributed by atoms with Crippen molar-refractivity contribution in [2.24, 2.45) is 0 Å². The van der Waals surface area contributed by atoms with Crippen molar-refractivity contribution in [2.75, 3.05) is 12.4 Å². The summed E-state index contributed by atoms with van der Waals surface area (Å²) in [6.07, 6.45) is 1.74. The van der Waals surface area contributed by atoms with Crippen molar-refractivity contribution < 1.29 is 14.3 Å². The molecule has 4 rings (SSSR count). The number of esters is 1. The lowest BCUT2D eigenvalue weighted by molar-refractivity contribution is 0.0600. The van der Waals surface area contributed by atoms with Crippen molar-refractivity contribution in [2.45, 2.75) is 6.54 Å². The van der Waals surface area contributed by atoms with Crippen molar-refractivity contribution in [1.29, 1.82) is 0 Å². The second kappa shape index (κ2) is 9.09. The van der Waals surface area contributed by atoms with Crippen LogP contribution in [0.3, 0.4) is 0 Å². The van der Waals surface area contributed by atoms with Crippen LogP contribution in [0, 0.1) is 0 Å². The molecular formula is C25H21N3O3. The van der Waals surface area contributed by atoms with Gasteiger partial charge in [-0.1, -0.05) is 66.7 Å². The lowest BCUT2D eigenvalue weighted by Crippen LogP contribution is -2.13. The highest BCUT2D eigenvalue weighted by molar-refractivity contribution is 6.08. The summed E-state index contributed by atoms with van der Waals surface area (Å²) < 4.78 is 6.51. The zero-order valence-corrected chi connectivity index (χ0v) is 17.0. The van der Waals surface area contributed by atoms with Crippen LogP contribution in [0.15, 0.2) is 91.1 Å². The van der Waals surface area contributed by atoms with E-state index < -0.39 is 5.97 Å². The van der Waals surface area contributed by atoms with E-state index in [9.17, 15) is 9.59 Å². The Morgan fingerprint density at radius 3 is 2.35 bits per heavy atom. The molecule has 4 aromatic rings. The molecule has 0 saturated heterocycles. The van der Waals surface area contributed by atoms with Gasteiger partial charge < -0.3 is 10.1 Å². The normalized spacial score (nSPS) is 10.5. The Labute approximate surface area is 180 Å². The number of aromatic nitrogens is 2. The van der Waals surface area contributed by atoms with E-state index in [-0.39, 0.29) is 5.91 Å². The zero-order valence-electron chi connectivity index (χ0n) is 17.0. The third-order valence-electron chi connectivity index (χ3n) is 4.78. The van der Waals surface area contributed by atoms with Crippen molar-refractivity contribution in [1.82, 2.24) is 9.78 Å².